The molecular formula is C38H50N6O5. The smallest absolute Gasteiger partial charge is 0.243 e. The number of carbonyl (C=O) groups is 5. The van der Waals surface area contributed by atoms with E-state index in [9.17, 15) is 24.0 Å². The van der Waals surface area contributed by atoms with E-state index >= 15 is 0 Å². The highest BCUT2D eigenvalue weighted by Crippen LogP contribution is 2.11. The van der Waals surface area contributed by atoms with Gasteiger partial charge in [0.2, 0.25) is 29.5 Å². The van der Waals surface area contributed by atoms with E-state index in [1.165, 1.54) is 0 Å². The Morgan fingerprint density at radius 1 is 0.531 bits per heavy atom. The number of rotatable bonds is 18. The topological polar surface area (TPSA) is 186 Å². The summed E-state index contributed by atoms with van der Waals surface area (Å²) in [5, 5.41) is 11.1. The Morgan fingerprint density at radius 3 is 1.27 bits per heavy atom. The van der Waals surface area contributed by atoms with Gasteiger partial charge in [0.25, 0.3) is 0 Å². The molecule has 0 aliphatic heterocycles. The number of primary amides is 1. The molecule has 0 saturated heterocycles. The first-order valence-electron chi connectivity index (χ1n) is 16.7. The summed E-state index contributed by atoms with van der Waals surface area (Å²) in [4.78, 5) is 66.8. The lowest BCUT2D eigenvalue weighted by molar-refractivity contribution is -0.135. The Labute approximate surface area is 289 Å². The fourth-order valence-electron chi connectivity index (χ4n) is 5.41. The third kappa shape index (κ3) is 12.8. The average molecular weight is 671 g/mol. The van der Waals surface area contributed by atoms with Gasteiger partial charge in [-0.25, -0.2) is 0 Å². The monoisotopic (exact) mass is 670 g/mol. The van der Waals surface area contributed by atoms with Crippen molar-refractivity contribution in [2.24, 2.45) is 23.3 Å². The van der Waals surface area contributed by atoms with E-state index in [-0.39, 0.29) is 31.1 Å². The molecule has 3 rings (SSSR count). The molecule has 8 N–H and O–H groups in total. The van der Waals surface area contributed by atoms with E-state index < -0.39 is 59.7 Å². The molecule has 11 nitrogen and oxygen atoms in total. The lowest BCUT2D eigenvalue weighted by Gasteiger charge is -2.28. The zero-order chi connectivity index (χ0) is 35.9. The molecule has 0 aromatic heterocycles. The van der Waals surface area contributed by atoms with E-state index in [0.717, 1.165) is 16.7 Å². The molecule has 0 fully saturated rings. The molecule has 0 aliphatic carbocycles. The number of amides is 5. The second-order valence-electron chi connectivity index (χ2n) is 13.1. The van der Waals surface area contributed by atoms with Crippen LogP contribution in [0.25, 0.3) is 0 Å². The minimum atomic E-state index is -1.11. The van der Waals surface area contributed by atoms with Crippen molar-refractivity contribution in [3.63, 3.8) is 0 Å². The fourth-order valence-corrected chi connectivity index (χ4v) is 5.41. The lowest BCUT2D eigenvalue weighted by Crippen LogP contribution is -2.60. The second kappa shape index (κ2) is 19.1. The summed E-state index contributed by atoms with van der Waals surface area (Å²) in [5.74, 6) is -3.08. The molecule has 5 atom stereocenters. The van der Waals surface area contributed by atoms with Gasteiger partial charge in [-0.1, -0.05) is 119 Å². The zero-order valence-corrected chi connectivity index (χ0v) is 28.7. The van der Waals surface area contributed by atoms with Gasteiger partial charge in [-0.05, 0) is 34.9 Å². The van der Waals surface area contributed by atoms with E-state index in [4.69, 9.17) is 11.5 Å². The van der Waals surface area contributed by atoms with Crippen LogP contribution in [0, 0.1) is 11.8 Å². The number of benzene rings is 3. The maximum atomic E-state index is 14.0. The molecular weight excluding hydrogens is 620 g/mol. The number of carbonyl (C=O) groups excluding carboxylic acids is 5. The van der Waals surface area contributed by atoms with Gasteiger partial charge >= 0.3 is 0 Å². The molecule has 0 spiro atoms. The molecule has 11 heteroatoms. The predicted molar refractivity (Wildman–Crippen MR) is 190 cm³/mol. The van der Waals surface area contributed by atoms with Crippen LogP contribution in [0.3, 0.4) is 0 Å². The third-order valence-electron chi connectivity index (χ3n) is 8.08. The molecule has 0 bridgehead atoms. The maximum Gasteiger partial charge on any atom is 0.243 e. The number of hydrogen-bond donors (Lipinski definition) is 6. The van der Waals surface area contributed by atoms with Gasteiger partial charge in [0.05, 0.1) is 6.04 Å². The largest absolute Gasteiger partial charge is 0.368 e. The van der Waals surface area contributed by atoms with Gasteiger partial charge in [0, 0.05) is 19.3 Å². The molecule has 3 aromatic rings. The van der Waals surface area contributed by atoms with Crippen molar-refractivity contribution >= 4 is 29.5 Å². The number of nitrogens with one attached hydrogen (secondary N) is 4. The van der Waals surface area contributed by atoms with Gasteiger partial charge in [0.1, 0.15) is 24.2 Å². The molecule has 262 valence electrons. The molecule has 5 amide bonds. The minimum Gasteiger partial charge on any atom is -0.368 e. The van der Waals surface area contributed by atoms with Crippen molar-refractivity contribution in [3.05, 3.63) is 108 Å². The molecule has 0 radical (unpaired) electrons. The van der Waals surface area contributed by atoms with Gasteiger partial charge in [-0.3, -0.25) is 24.0 Å². The zero-order valence-electron chi connectivity index (χ0n) is 28.7. The van der Waals surface area contributed by atoms with E-state index in [2.05, 4.69) is 21.3 Å². The quantitative estimate of drug-likeness (QED) is 0.120. The lowest BCUT2D eigenvalue weighted by atomic mass is 9.98. The van der Waals surface area contributed by atoms with Crippen molar-refractivity contribution in [3.8, 4) is 0 Å². The molecule has 3 aromatic carbocycles. The van der Waals surface area contributed by atoms with Crippen LogP contribution in [0.1, 0.15) is 50.8 Å². The first-order valence-corrected chi connectivity index (χ1v) is 16.7. The van der Waals surface area contributed by atoms with Crippen LogP contribution in [0.15, 0.2) is 91.0 Å². The maximum absolute atomic E-state index is 14.0. The summed E-state index contributed by atoms with van der Waals surface area (Å²) in [5.41, 5.74) is 14.1. The first kappa shape index (κ1) is 38.4. The molecule has 49 heavy (non-hydrogen) atoms. The summed E-state index contributed by atoms with van der Waals surface area (Å²) in [6.45, 7) is 7.48. The van der Waals surface area contributed by atoms with Crippen LogP contribution in [-0.4, -0.2) is 59.7 Å². The Balaban J connectivity index is 1.87. The summed E-state index contributed by atoms with van der Waals surface area (Å²) >= 11 is 0. The second-order valence-corrected chi connectivity index (χ2v) is 13.1. The van der Waals surface area contributed by atoms with Crippen LogP contribution in [0.2, 0.25) is 0 Å². The SMILES string of the molecule is CC(C)C[C@@H](N)C(=O)N[C@@H](C(=O)N[C@H](Cc1ccccc1)C(=O)N[C@H](Cc1ccccc1)C(=O)N[C@H](Cc1ccccc1)C(N)=O)C(C)C. The molecule has 0 saturated carbocycles. The van der Waals surface area contributed by atoms with Crippen molar-refractivity contribution in [1.29, 1.82) is 0 Å². The third-order valence-corrected chi connectivity index (χ3v) is 8.08. The average Bonchev–Trinajstić information content (AvgIpc) is 3.06. The standard InChI is InChI=1S/C38H50N6O5/c1-24(2)20-29(39)35(46)44-33(25(3)4)38(49)43-32(23-28-18-12-7-13-19-28)37(48)42-31(22-27-16-10-6-11-17-27)36(47)41-30(34(40)45)21-26-14-8-5-9-15-26/h5-19,24-25,29-33H,20-23,39H2,1-4H3,(H2,40,45)(H,41,47)(H,42,48)(H,43,49)(H,44,46)/t29-,30-,31-,32-,33-/m1/s1. The highest BCUT2D eigenvalue weighted by Gasteiger charge is 2.33. The summed E-state index contributed by atoms with van der Waals surface area (Å²) < 4.78 is 0. The summed E-state index contributed by atoms with van der Waals surface area (Å²) in [6.07, 6.45) is 0.842. The van der Waals surface area contributed by atoms with Crippen LogP contribution in [-0.2, 0) is 43.2 Å². The highest BCUT2D eigenvalue weighted by atomic mass is 16.2. The normalized spacial score (nSPS) is 14.2. The molecule has 0 unspecified atom stereocenters. The Bertz CT molecular complexity index is 1520. The Kier molecular flexibility index (Phi) is 15.0. The van der Waals surface area contributed by atoms with E-state index in [1.54, 1.807) is 13.8 Å². The first-order chi connectivity index (χ1) is 23.3. The van der Waals surface area contributed by atoms with Gasteiger partial charge in [0.15, 0.2) is 0 Å². The van der Waals surface area contributed by atoms with E-state index in [1.807, 2.05) is 105 Å². The van der Waals surface area contributed by atoms with Gasteiger partial charge in [-0.15, -0.1) is 0 Å². The Morgan fingerprint density at radius 2 is 0.898 bits per heavy atom. The van der Waals surface area contributed by atoms with Crippen LogP contribution in [0.4, 0.5) is 0 Å². The minimum absolute atomic E-state index is 0.111. The predicted octanol–water partition coefficient (Wildman–Crippen LogP) is 2.17. The number of nitrogens with two attached hydrogens (primary N) is 2. The van der Waals surface area contributed by atoms with Crippen molar-refractivity contribution in [1.82, 2.24) is 21.3 Å². The van der Waals surface area contributed by atoms with Crippen LogP contribution >= 0.6 is 0 Å². The number of hydrogen-bond acceptors (Lipinski definition) is 6. The van der Waals surface area contributed by atoms with Gasteiger partial charge < -0.3 is 32.7 Å². The van der Waals surface area contributed by atoms with Crippen molar-refractivity contribution < 1.29 is 24.0 Å². The summed E-state index contributed by atoms with van der Waals surface area (Å²) in [6, 6.07) is 22.4. The fraction of sp³-hybridized carbons (Fsp3) is 0.395. The molecule has 0 aliphatic rings. The van der Waals surface area contributed by atoms with Crippen molar-refractivity contribution in [2.45, 2.75) is 83.6 Å². The summed E-state index contributed by atoms with van der Waals surface area (Å²) in [7, 11) is 0. The van der Waals surface area contributed by atoms with E-state index in [0.29, 0.717) is 6.42 Å². The van der Waals surface area contributed by atoms with Crippen LogP contribution in [0.5, 0.6) is 0 Å². The molecule has 0 heterocycles. The highest BCUT2D eigenvalue weighted by molar-refractivity contribution is 5.96. The van der Waals surface area contributed by atoms with Crippen LogP contribution < -0.4 is 32.7 Å². The van der Waals surface area contributed by atoms with Crippen molar-refractivity contribution in [2.75, 3.05) is 0 Å². The Hall–Kier alpha value is -5.03. The van der Waals surface area contributed by atoms with Gasteiger partial charge in [-0.2, -0.15) is 0 Å².